The van der Waals surface area contributed by atoms with Gasteiger partial charge in [0.1, 0.15) is 6.61 Å². The molecule has 2 amide bonds. The van der Waals surface area contributed by atoms with E-state index in [2.05, 4.69) is 5.32 Å². The molecule has 0 rings (SSSR count). The van der Waals surface area contributed by atoms with E-state index in [9.17, 15) is 9.59 Å². The standard InChI is InChI=1S/C11H22N2O3/c1-8(2)12-10(14)6-13(5)11(15)7-16-9(3)4/h8-9H,6-7H2,1-5H3,(H,12,14). The van der Waals surface area contributed by atoms with Gasteiger partial charge >= 0.3 is 0 Å². The number of ether oxygens (including phenoxy) is 1. The third-order valence-electron chi connectivity index (χ3n) is 1.80. The number of rotatable bonds is 6. The number of hydrogen-bond donors (Lipinski definition) is 1. The predicted octanol–water partition coefficient (Wildman–Crippen LogP) is 0.394. The summed E-state index contributed by atoms with van der Waals surface area (Å²) < 4.78 is 5.16. The van der Waals surface area contributed by atoms with Gasteiger partial charge in [0.25, 0.3) is 0 Å². The van der Waals surface area contributed by atoms with Crippen LogP contribution in [0.1, 0.15) is 27.7 Å². The smallest absolute Gasteiger partial charge is 0.248 e. The van der Waals surface area contributed by atoms with E-state index in [-0.39, 0.29) is 37.1 Å². The van der Waals surface area contributed by atoms with Crippen LogP contribution in [0.15, 0.2) is 0 Å². The maximum atomic E-state index is 11.5. The number of carbonyl (C=O) groups excluding carboxylic acids is 2. The number of likely N-dealkylation sites (N-methyl/N-ethyl adjacent to an activating group) is 1. The fourth-order valence-electron chi connectivity index (χ4n) is 1.02. The van der Waals surface area contributed by atoms with E-state index in [4.69, 9.17) is 4.74 Å². The Morgan fingerprint density at radius 3 is 2.25 bits per heavy atom. The number of nitrogens with zero attached hydrogens (tertiary/aromatic N) is 1. The molecule has 0 aliphatic carbocycles. The highest BCUT2D eigenvalue weighted by molar-refractivity contribution is 5.85. The number of carbonyl (C=O) groups is 2. The zero-order chi connectivity index (χ0) is 12.7. The van der Waals surface area contributed by atoms with Crippen LogP contribution in [0.2, 0.25) is 0 Å². The molecule has 5 heteroatoms. The largest absolute Gasteiger partial charge is 0.369 e. The summed E-state index contributed by atoms with van der Waals surface area (Å²) in [7, 11) is 1.59. The first-order valence-electron chi connectivity index (χ1n) is 5.47. The predicted molar refractivity (Wildman–Crippen MR) is 62.0 cm³/mol. The quantitative estimate of drug-likeness (QED) is 0.718. The van der Waals surface area contributed by atoms with Gasteiger partial charge < -0.3 is 15.0 Å². The van der Waals surface area contributed by atoms with Crippen molar-refractivity contribution < 1.29 is 14.3 Å². The molecule has 0 aromatic rings. The van der Waals surface area contributed by atoms with Crippen LogP contribution in [0.5, 0.6) is 0 Å². The molecule has 0 saturated heterocycles. The lowest BCUT2D eigenvalue weighted by atomic mass is 10.4. The minimum atomic E-state index is -0.187. The molecule has 0 saturated carbocycles. The van der Waals surface area contributed by atoms with Crippen LogP contribution in [-0.2, 0) is 14.3 Å². The molecule has 0 aliphatic rings. The zero-order valence-corrected chi connectivity index (χ0v) is 10.7. The lowest BCUT2D eigenvalue weighted by molar-refractivity contribution is -0.139. The van der Waals surface area contributed by atoms with Crippen LogP contribution in [0.25, 0.3) is 0 Å². The van der Waals surface area contributed by atoms with Gasteiger partial charge in [-0.2, -0.15) is 0 Å². The zero-order valence-electron chi connectivity index (χ0n) is 10.7. The Morgan fingerprint density at radius 1 is 1.25 bits per heavy atom. The molecule has 0 bridgehead atoms. The average molecular weight is 230 g/mol. The van der Waals surface area contributed by atoms with Crippen molar-refractivity contribution in [1.29, 1.82) is 0 Å². The fraction of sp³-hybridized carbons (Fsp3) is 0.818. The summed E-state index contributed by atoms with van der Waals surface area (Å²) in [6, 6.07) is 0.0860. The number of hydrogen-bond acceptors (Lipinski definition) is 3. The fourth-order valence-corrected chi connectivity index (χ4v) is 1.02. The minimum Gasteiger partial charge on any atom is -0.369 e. The molecule has 0 radical (unpaired) electrons. The van der Waals surface area contributed by atoms with Crippen LogP contribution in [0, 0.1) is 0 Å². The van der Waals surface area contributed by atoms with Crippen molar-refractivity contribution in [2.24, 2.45) is 0 Å². The van der Waals surface area contributed by atoms with Crippen molar-refractivity contribution in [2.45, 2.75) is 39.8 Å². The number of amides is 2. The maximum Gasteiger partial charge on any atom is 0.248 e. The summed E-state index contributed by atoms with van der Waals surface area (Å²) in [6.07, 6.45) is 0.0156. The third kappa shape index (κ3) is 7.23. The van der Waals surface area contributed by atoms with Gasteiger partial charge in [-0.3, -0.25) is 9.59 Å². The van der Waals surface area contributed by atoms with Gasteiger partial charge in [0, 0.05) is 13.1 Å². The first-order chi connectivity index (χ1) is 7.32. The molecule has 94 valence electrons. The average Bonchev–Trinajstić information content (AvgIpc) is 2.12. The van der Waals surface area contributed by atoms with Gasteiger partial charge in [0.15, 0.2) is 0 Å². The van der Waals surface area contributed by atoms with Crippen LogP contribution in [0.4, 0.5) is 0 Å². The Morgan fingerprint density at radius 2 is 1.81 bits per heavy atom. The molecule has 0 heterocycles. The molecule has 0 fully saturated rings. The molecule has 0 atom stereocenters. The molecule has 16 heavy (non-hydrogen) atoms. The van der Waals surface area contributed by atoms with Crippen molar-refractivity contribution in [1.82, 2.24) is 10.2 Å². The summed E-state index contributed by atoms with van der Waals surface area (Å²) in [6.45, 7) is 7.56. The van der Waals surface area contributed by atoms with E-state index >= 15 is 0 Å². The molecule has 0 unspecified atom stereocenters. The van der Waals surface area contributed by atoms with Crippen molar-refractivity contribution in [3.05, 3.63) is 0 Å². The van der Waals surface area contributed by atoms with Crippen LogP contribution in [-0.4, -0.2) is 49.1 Å². The molecule has 0 aliphatic heterocycles. The lowest BCUT2D eigenvalue weighted by Crippen LogP contribution is -2.42. The Balaban J connectivity index is 3.91. The normalized spacial score (nSPS) is 10.7. The van der Waals surface area contributed by atoms with Crippen LogP contribution < -0.4 is 5.32 Å². The van der Waals surface area contributed by atoms with Gasteiger partial charge in [0.2, 0.25) is 11.8 Å². The summed E-state index contributed by atoms with van der Waals surface area (Å²) in [5.41, 5.74) is 0. The molecular weight excluding hydrogens is 208 g/mol. The molecule has 0 spiro atoms. The van der Waals surface area contributed by atoms with Gasteiger partial charge in [-0.05, 0) is 27.7 Å². The molecule has 0 aromatic heterocycles. The highest BCUT2D eigenvalue weighted by atomic mass is 16.5. The second-order valence-electron chi connectivity index (χ2n) is 4.33. The van der Waals surface area contributed by atoms with Crippen molar-refractivity contribution >= 4 is 11.8 Å². The van der Waals surface area contributed by atoms with E-state index in [1.165, 1.54) is 4.90 Å². The van der Waals surface area contributed by atoms with Gasteiger partial charge in [0.05, 0.1) is 12.6 Å². The van der Waals surface area contributed by atoms with Crippen molar-refractivity contribution in [2.75, 3.05) is 20.2 Å². The topological polar surface area (TPSA) is 58.6 Å². The molecular formula is C11H22N2O3. The summed E-state index contributed by atoms with van der Waals surface area (Å²) in [5, 5.41) is 2.72. The SMILES string of the molecule is CC(C)NC(=O)CN(C)C(=O)COC(C)C. The highest BCUT2D eigenvalue weighted by Crippen LogP contribution is 1.92. The van der Waals surface area contributed by atoms with Gasteiger partial charge in [-0.1, -0.05) is 0 Å². The minimum absolute atomic E-state index is 0.0156. The second kappa shape index (κ2) is 7.22. The summed E-state index contributed by atoms with van der Waals surface area (Å²) >= 11 is 0. The van der Waals surface area contributed by atoms with Crippen molar-refractivity contribution in [3.63, 3.8) is 0 Å². The Hall–Kier alpha value is -1.10. The first-order valence-corrected chi connectivity index (χ1v) is 5.47. The number of nitrogens with one attached hydrogen (secondary N) is 1. The van der Waals surface area contributed by atoms with E-state index < -0.39 is 0 Å². The highest BCUT2D eigenvalue weighted by Gasteiger charge is 2.13. The lowest BCUT2D eigenvalue weighted by Gasteiger charge is -2.18. The first kappa shape index (κ1) is 14.9. The van der Waals surface area contributed by atoms with Crippen molar-refractivity contribution in [3.8, 4) is 0 Å². The van der Waals surface area contributed by atoms with E-state index in [0.29, 0.717) is 0 Å². The van der Waals surface area contributed by atoms with Crippen LogP contribution in [0.3, 0.4) is 0 Å². The molecule has 5 nitrogen and oxygen atoms in total. The maximum absolute atomic E-state index is 11.5. The second-order valence-corrected chi connectivity index (χ2v) is 4.33. The Bertz CT molecular complexity index is 239. The third-order valence-corrected chi connectivity index (χ3v) is 1.80. The van der Waals surface area contributed by atoms with Gasteiger partial charge in [-0.25, -0.2) is 0 Å². The monoisotopic (exact) mass is 230 g/mol. The van der Waals surface area contributed by atoms with Gasteiger partial charge in [-0.15, -0.1) is 0 Å². The van der Waals surface area contributed by atoms with E-state index in [1.807, 2.05) is 27.7 Å². The summed E-state index contributed by atoms with van der Waals surface area (Å²) in [5.74, 6) is -0.344. The Labute approximate surface area is 97.1 Å². The summed E-state index contributed by atoms with van der Waals surface area (Å²) in [4.78, 5) is 24.2. The Kier molecular flexibility index (Phi) is 6.72. The molecule has 0 aromatic carbocycles. The van der Waals surface area contributed by atoms with E-state index in [0.717, 1.165) is 0 Å². The van der Waals surface area contributed by atoms with Crippen LogP contribution >= 0.6 is 0 Å². The molecule has 1 N–H and O–H groups in total. The van der Waals surface area contributed by atoms with E-state index in [1.54, 1.807) is 7.05 Å².